The van der Waals surface area contributed by atoms with Gasteiger partial charge in [0.2, 0.25) is 0 Å². The molecule has 0 spiro atoms. The molecule has 0 bridgehead atoms. The third kappa shape index (κ3) is 2.59. The van der Waals surface area contributed by atoms with E-state index in [-0.39, 0.29) is 0 Å². The van der Waals surface area contributed by atoms with E-state index >= 15 is 0 Å². The van der Waals surface area contributed by atoms with Gasteiger partial charge in [0.05, 0.1) is 24.3 Å². The summed E-state index contributed by atoms with van der Waals surface area (Å²) in [6.07, 6.45) is 3.75. The molecule has 0 amide bonds. The minimum absolute atomic E-state index is 0.375. The predicted octanol–water partition coefficient (Wildman–Crippen LogP) is 1.56. The van der Waals surface area contributed by atoms with Gasteiger partial charge in [-0.3, -0.25) is 9.88 Å². The molecule has 3 rings (SSSR count). The van der Waals surface area contributed by atoms with Gasteiger partial charge in [0.25, 0.3) is 0 Å². The summed E-state index contributed by atoms with van der Waals surface area (Å²) in [4.78, 5) is 11.3. The van der Waals surface area contributed by atoms with E-state index in [1.807, 2.05) is 24.7 Å². The average molecular weight is 272 g/mol. The predicted molar refractivity (Wildman–Crippen MR) is 76.2 cm³/mol. The molecule has 0 saturated carbocycles. The highest BCUT2D eigenvalue weighted by molar-refractivity contribution is 5.22. The van der Waals surface area contributed by atoms with Gasteiger partial charge in [-0.1, -0.05) is 6.07 Å². The molecule has 2 aromatic heterocycles. The molecule has 106 valence electrons. The number of nitrogens with zero attached hydrogens (tertiary/aromatic N) is 4. The van der Waals surface area contributed by atoms with Gasteiger partial charge in [-0.2, -0.15) is 0 Å². The fourth-order valence-electron chi connectivity index (χ4n) is 2.98. The standard InChI is InChI=1S/C15H20N4O/c1-18-11-17-14-9-19(7-12(10-20-2)15(14)18)8-13-5-3-4-6-16-13/h3-6,11-12H,7-10H2,1-2H3. The number of fused-ring (bicyclic) bond motifs is 1. The van der Waals surface area contributed by atoms with Crippen molar-refractivity contribution in [3.63, 3.8) is 0 Å². The van der Waals surface area contributed by atoms with Gasteiger partial charge in [-0.15, -0.1) is 0 Å². The van der Waals surface area contributed by atoms with Crippen LogP contribution >= 0.6 is 0 Å². The summed E-state index contributed by atoms with van der Waals surface area (Å²) >= 11 is 0. The fraction of sp³-hybridized carbons (Fsp3) is 0.467. The number of rotatable bonds is 4. The number of aryl methyl sites for hydroxylation is 1. The minimum Gasteiger partial charge on any atom is -0.384 e. The van der Waals surface area contributed by atoms with Crippen molar-refractivity contribution in [3.05, 3.63) is 47.8 Å². The van der Waals surface area contributed by atoms with Gasteiger partial charge < -0.3 is 9.30 Å². The summed E-state index contributed by atoms with van der Waals surface area (Å²) in [5, 5.41) is 0. The summed E-state index contributed by atoms with van der Waals surface area (Å²) in [6.45, 7) is 3.45. The highest BCUT2D eigenvalue weighted by Crippen LogP contribution is 2.28. The van der Waals surface area contributed by atoms with Crippen LogP contribution in [0.15, 0.2) is 30.7 Å². The Morgan fingerprint density at radius 2 is 2.25 bits per heavy atom. The first-order valence-electron chi connectivity index (χ1n) is 6.89. The molecule has 3 heterocycles. The van der Waals surface area contributed by atoms with Crippen LogP contribution < -0.4 is 0 Å². The Kier molecular flexibility index (Phi) is 3.80. The molecule has 2 aromatic rings. The van der Waals surface area contributed by atoms with E-state index in [4.69, 9.17) is 4.74 Å². The normalized spacial score (nSPS) is 19.0. The van der Waals surface area contributed by atoms with Crippen molar-refractivity contribution in [2.75, 3.05) is 20.3 Å². The largest absolute Gasteiger partial charge is 0.384 e. The monoisotopic (exact) mass is 272 g/mol. The van der Waals surface area contributed by atoms with Gasteiger partial charge in [0, 0.05) is 51.6 Å². The first-order valence-corrected chi connectivity index (χ1v) is 6.89. The van der Waals surface area contributed by atoms with Crippen LogP contribution in [0.2, 0.25) is 0 Å². The van der Waals surface area contributed by atoms with Crippen molar-refractivity contribution >= 4 is 0 Å². The molecule has 0 saturated heterocycles. The van der Waals surface area contributed by atoms with Crippen LogP contribution in [0.3, 0.4) is 0 Å². The maximum absolute atomic E-state index is 5.38. The van der Waals surface area contributed by atoms with Gasteiger partial charge in [-0.25, -0.2) is 4.98 Å². The SMILES string of the molecule is COCC1CN(Cc2ccccn2)Cc2ncn(C)c21. The number of hydrogen-bond donors (Lipinski definition) is 0. The van der Waals surface area contributed by atoms with Gasteiger partial charge >= 0.3 is 0 Å². The first-order chi connectivity index (χ1) is 9.78. The van der Waals surface area contributed by atoms with Crippen LogP contribution in [0, 0.1) is 0 Å². The molecule has 20 heavy (non-hydrogen) atoms. The number of imidazole rings is 1. The molecule has 0 radical (unpaired) electrons. The van der Waals surface area contributed by atoms with Crippen LogP contribution in [-0.4, -0.2) is 39.7 Å². The van der Waals surface area contributed by atoms with Crippen LogP contribution in [0.4, 0.5) is 0 Å². The zero-order chi connectivity index (χ0) is 13.9. The molecule has 0 aromatic carbocycles. The number of hydrogen-bond acceptors (Lipinski definition) is 4. The molecule has 0 fully saturated rings. The Morgan fingerprint density at radius 3 is 3.00 bits per heavy atom. The maximum Gasteiger partial charge on any atom is 0.0949 e. The molecule has 1 aliphatic rings. The van der Waals surface area contributed by atoms with E-state index in [1.54, 1.807) is 7.11 Å². The lowest BCUT2D eigenvalue weighted by Gasteiger charge is -2.32. The lowest BCUT2D eigenvalue weighted by atomic mass is 9.99. The highest BCUT2D eigenvalue weighted by Gasteiger charge is 2.28. The fourth-order valence-corrected chi connectivity index (χ4v) is 2.98. The zero-order valence-electron chi connectivity index (χ0n) is 12.0. The smallest absolute Gasteiger partial charge is 0.0949 e. The molecule has 1 aliphatic heterocycles. The molecule has 0 N–H and O–H groups in total. The average Bonchev–Trinajstić information content (AvgIpc) is 2.82. The van der Waals surface area contributed by atoms with Crippen molar-refractivity contribution < 1.29 is 4.74 Å². The number of methoxy groups -OCH3 is 1. The number of aromatic nitrogens is 3. The van der Waals surface area contributed by atoms with E-state index in [9.17, 15) is 0 Å². The Hall–Kier alpha value is -1.72. The Balaban J connectivity index is 1.79. The Labute approximate surface area is 119 Å². The van der Waals surface area contributed by atoms with Crippen molar-refractivity contribution in [2.24, 2.45) is 7.05 Å². The molecule has 5 heteroatoms. The summed E-state index contributed by atoms with van der Waals surface area (Å²) in [5.74, 6) is 0.375. The summed E-state index contributed by atoms with van der Waals surface area (Å²) < 4.78 is 7.50. The number of pyridine rings is 1. The quantitative estimate of drug-likeness (QED) is 0.847. The third-order valence-electron chi connectivity index (χ3n) is 3.78. The van der Waals surface area contributed by atoms with Crippen LogP contribution in [0.1, 0.15) is 23.0 Å². The molecule has 5 nitrogen and oxygen atoms in total. The topological polar surface area (TPSA) is 43.2 Å². The molecule has 0 aliphatic carbocycles. The molecule has 1 unspecified atom stereocenters. The van der Waals surface area contributed by atoms with E-state index in [0.717, 1.165) is 37.6 Å². The van der Waals surface area contributed by atoms with Crippen molar-refractivity contribution in [2.45, 2.75) is 19.0 Å². The van der Waals surface area contributed by atoms with Crippen LogP contribution in [0.25, 0.3) is 0 Å². The van der Waals surface area contributed by atoms with E-state index in [2.05, 4.69) is 32.5 Å². The lowest BCUT2D eigenvalue weighted by molar-refractivity contribution is 0.131. The second kappa shape index (κ2) is 5.73. The lowest BCUT2D eigenvalue weighted by Crippen LogP contribution is -2.36. The Morgan fingerprint density at radius 1 is 1.35 bits per heavy atom. The maximum atomic E-state index is 5.38. The van der Waals surface area contributed by atoms with Crippen molar-refractivity contribution in [1.82, 2.24) is 19.4 Å². The van der Waals surface area contributed by atoms with E-state index < -0.39 is 0 Å². The second-order valence-electron chi connectivity index (χ2n) is 5.33. The second-order valence-corrected chi connectivity index (χ2v) is 5.33. The Bertz CT molecular complexity index is 567. The minimum atomic E-state index is 0.375. The van der Waals surface area contributed by atoms with E-state index in [1.165, 1.54) is 5.69 Å². The molecule has 1 atom stereocenters. The molecular weight excluding hydrogens is 252 g/mol. The van der Waals surface area contributed by atoms with Gasteiger partial charge in [-0.05, 0) is 12.1 Å². The number of ether oxygens (including phenoxy) is 1. The first kappa shape index (κ1) is 13.3. The van der Waals surface area contributed by atoms with Crippen LogP contribution in [0.5, 0.6) is 0 Å². The van der Waals surface area contributed by atoms with Crippen LogP contribution in [-0.2, 0) is 24.9 Å². The van der Waals surface area contributed by atoms with Crippen molar-refractivity contribution in [3.8, 4) is 0 Å². The zero-order valence-corrected chi connectivity index (χ0v) is 12.0. The van der Waals surface area contributed by atoms with Gasteiger partial charge in [0.1, 0.15) is 0 Å². The summed E-state index contributed by atoms with van der Waals surface area (Å²) in [5.41, 5.74) is 3.57. The van der Waals surface area contributed by atoms with E-state index in [0.29, 0.717) is 5.92 Å². The molecular formula is C15H20N4O. The summed E-state index contributed by atoms with van der Waals surface area (Å²) in [6, 6.07) is 6.05. The third-order valence-corrected chi connectivity index (χ3v) is 3.78. The summed E-state index contributed by atoms with van der Waals surface area (Å²) in [7, 11) is 3.82. The van der Waals surface area contributed by atoms with Gasteiger partial charge in [0.15, 0.2) is 0 Å². The highest BCUT2D eigenvalue weighted by atomic mass is 16.5. The van der Waals surface area contributed by atoms with Crippen molar-refractivity contribution in [1.29, 1.82) is 0 Å².